The Balaban J connectivity index is 0.00000180. The standard InChI is InChI=1S/C10H16F3N4O.ClH/c11-10(12,13)7-16-4-2-1-3-8(16)5-17-6-9(14)18-15-17;/h6,8H,1-5,7,14H2;1H/q+1;/p-1. The third-order valence-corrected chi connectivity index (χ3v) is 3.06. The number of alkyl halides is 3. The van der Waals surface area contributed by atoms with E-state index in [0.29, 0.717) is 13.1 Å². The highest BCUT2D eigenvalue weighted by Gasteiger charge is 2.36. The molecule has 5 nitrogen and oxygen atoms in total. The van der Waals surface area contributed by atoms with Gasteiger partial charge >= 0.3 is 6.18 Å². The lowest BCUT2D eigenvalue weighted by Crippen LogP contribution is -3.00. The van der Waals surface area contributed by atoms with Crippen LogP contribution in [0.5, 0.6) is 0 Å². The topological polar surface area (TPSA) is 59.2 Å². The van der Waals surface area contributed by atoms with Crippen LogP contribution in [0.1, 0.15) is 19.3 Å². The van der Waals surface area contributed by atoms with Crippen LogP contribution in [0.15, 0.2) is 10.7 Å². The predicted octanol–water partition coefficient (Wildman–Crippen LogP) is -2.03. The number of aromatic nitrogens is 2. The summed E-state index contributed by atoms with van der Waals surface area (Å²) in [7, 11) is 0. The van der Waals surface area contributed by atoms with Crippen LogP contribution in [0.25, 0.3) is 0 Å². The average Bonchev–Trinajstić information content (AvgIpc) is 2.65. The summed E-state index contributed by atoms with van der Waals surface area (Å²) in [6.45, 7) is -0.0274. The van der Waals surface area contributed by atoms with Gasteiger partial charge in [0.15, 0.2) is 6.54 Å². The fourth-order valence-electron chi connectivity index (χ4n) is 2.30. The van der Waals surface area contributed by atoms with Crippen molar-refractivity contribution in [1.82, 2.24) is 10.2 Å². The highest BCUT2D eigenvalue weighted by molar-refractivity contribution is 5.11. The van der Waals surface area contributed by atoms with Crippen LogP contribution >= 0.6 is 0 Å². The Morgan fingerprint density at radius 2 is 2.21 bits per heavy atom. The first-order chi connectivity index (χ1) is 8.44. The maximum atomic E-state index is 12.5. The molecule has 0 radical (unpaired) electrons. The second kappa shape index (κ2) is 6.42. The number of likely N-dealkylation sites (tertiary alicyclic amines) is 1. The first kappa shape index (κ1) is 16.0. The van der Waals surface area contributed by atoms with Gasteiger partial charge in [0.05, 0.1) is 12.6 Å². The molecule has 0 amide bonds. The molecule has 0 bridgehead atoms. The van der Waals surface area contributed by atoms with Crippen molar-refractivity contribution in [2.75, 3.05) is 18.8 Å². The summed E-state index contributed by atoms with van der Waals surface area (Å²) >= 11 is 0. The van der Waals surface area contributed by atoms with Crippen molar-refractivity contribution in [3.8, 4) is 0 Å². The molecule has 9 heteroatoms. The van der Waals surface area contributed by atoms with Crippen molar-refractivity contribution < 1.29 is 34.8 Å². The van der Waals surface area contributed by atoms with E-state index in [2.05, 4.69) is 5.27 Å². The van der Waals surface area contributed by atoms with Crippen molar-refractivity contribution >= 4 is 5.88 Å². The van der Waals surface area contributed by atoms with Gasteiger partial charge in [-0.2, -0.15) is 13.2 Å². The van der Waals surface area contributed by atoms with Gasteiger partial charge in [-0.15, -0.1) is 0 Å². The van der Waals surface area contributed by atoms with Gasteiger partial charge in [-0.3, -0.25) is 9.42 Å². The number of anilines is 1. The predicted molar refractivity (Wildman–Crippen MR) is 56.4 cm³/mol. The molecule has 1 aliphatic rings. The smallest absolute Gasteiger partial charge is 0.401 e. The third-order valence-electron chi connectivity index (χ3n) is 3.06. The lowest BCUT2D eigenvalue weighted by molar-refractivity contribution is -0.766. The molecule has 19 heavy (non-hydrogen) atoms. The molecule has 1 fully saturated rings. The van der Waals surface area contributed by atoms with Gasteiger partial charge in [0.25, 0.3) is 12.1 Å². The fourth-order valence-corrected chi connectivity index (χ4v) is 2.30. The van der Waals surface area contributed by atoms with E-state index >= 15 is 0 Å². The van der Waals surface area contributed by atoms with Crippen molar-refractivity contribution in [3.63, 3.8) is 0 Å². The van der Waals surface area contributed by atoms with E-state index < -0.39 is 12.7 Å². The van der Waals surface area contributed by atoms with Gasteiger partial charge in [-0.1, -0.05) is 6.42 Å². The van der Waals surface area contributed by atoms with E-state index in [1.807, 2.05) is 0 Å². The lowest BCUT2D eigenvalue weighted by atomic mass is 10.0. The summed E-state index contributed by atoms with van der Waals surface area (Å²) in [6.07, 6.45) is -0.204. The first-order valence-electron chi connectivity index (χ1n) is 5.87. The maximum absolute atomic E-state index is 12.5. The molecular formula is C10H16ClF3N4O. The Labute approximate surface area is 114 Å². The number of rotatable bonds is 3. The molecule has 0 spiro atoms. The fraction of sp³-hybridized carbons (Fsp3) is 0.800. The zero-order valence-corrected chi connectivity index (χ0v) is 11.0. The van der Waals surface area contributed by atoms with Gasteiger partial charge in [-0.25, -0.2) is 0 Å². The molecule has 1 aromatic rings. The number of nitrogens with zero attached hydrogens (tertiary/aromatic N) is 3. The molecule has 1 atom stereocenters. The van der Waals surface area contributed by atoms with Crippen LogP contribution in [0.4, 0.5) is 19.1 Å². The number of piperidine rings is 1. The van der Waals surface area contributed by atoms with Crippen molar-refractivity contribution in [2.45, 2.75) is 38.0 Å². The van der Waals surface area contributed by atoms with E-state index in [0.717, 1.165) is 19.3 Å². The number of hydrogen-bond donors (Lipinski definition) is 1. The number of halogens is 4. The van der Waals surface area contributed by atoms with E-state index in [1.165, 1.54) is 15.8 Å². The zero-order chi connectivity index (χ0) is 13.2. The Kier molecular flexibility index (Phi) is 5.42. The lowest BCUT2D eigenvalue weighted by Gasteiger charge is -2.33. The highest BCUT2D eigenvalue weighted by atomic mass is 35.5. The molecule has 110 valence electrons. The maximum Gasteiger partial charge on any atom is 0.401 e. The summed E-state index contributed by atoms with van der Waals surface area (Å²) in [6, 6.07) is -0.171. The minimum absolute atomic E-state index is 0. The van der Waals surface area contributed by atoms with Gasteiger partial charge in [0, 0.05) is 0 Å². The van der Waals surface area contributed by atoms with Gasteiger partial charge in [-0.05, 0) is 24.1 Å². The molecule has 0 aromatic carbocycles. The van der Waals surface area contributed by atoms with E-state index in [-0.39, 0.29) is 24.3 Å². The molecule has 1 aromatic heterocycles. The Morgan fingerprint density at radius 3 is 2.79 bits per heavy atom. The molecule has 1 saturated heterocycles. The second-order valence-corrected chi connectivity index (χ2v) is 4.56. The van der Waals surface area contributed by atoms with Crippen LogP contribution in [-0.2, 0) is 6.54 Å². The van der Waals surface area contributed by atoms with Gasteiger partial charge in [0.2, 0.25) is 5.27 Å². The summed E-state index contributed by atoms with van der Waals surface area (Å²) in [4.78, 5) is 1.46. The van der Waals surface area contributed by atoms with Gasteiger partial charge in [0.1, 0.15) is 0 Å². The highest BCUT2D eigenvalue weighted by Crippen LogP contribution is 2.23. The minimum Gasteiger partial charge on any atom is -1.00 e. The molecule has 0 aliphatic carbocycles. The van der Waals surface area contributed by atoms with Crippen LogP contribution in [0.3, 0.4) is 0 Å². The summed E-state index contributed by atoms with van der Waals surface area (Å²) in [5, 5.41) is 3.65. The van der Waals surface area contributed by atoms with Gasteiger partial charge < -0.3 is 18.1 Å². The molecule has 1 unspecified atom stereocenters. The Morgan fingerprint density at radius 1 is 1.47 bits per heavy atom. The number of nitrogen functional groups attached to an aromatic ring is 1. The molecule has 2 rings (SSSR count). The van der Waals surface area contributed by atoms with Crippen LogP contribution < -0.4 is 22.8 Å². The second-order valence-electron chi connectivity index (χ2n) is 4.56. The van der Waals surface area contributed by atoms with Crippen LogP contribution in [-0.4, -0.2) is 35.5 Å². The van der Waals surface area contributed by atoms with Crippen molar-refractivity contribution in [2.24, 2.45) is 0 Å². The van der Waals surface area contributed by atoms with Crippen LogP contribution in [0.2, 0.25) is 0 Å². The Hall–Kier alpha value is -1.02. The SMILES string of the molecule is Nc1c[n+](CC2CCCCN2CC(F)(F)F)no1.[Cl-]. The monoisotopic (exact) mass is 300 g/mol. The first-order valence-corrected chi connectivity index (χ1v) is 5.87. The van der Waals surface area contributed by atoms with E-state index in [4.69, 9.17) is 10.3 Å². The molecule has 1 aliphatic heterocycles. The molecule has 2 heterocycles. The van der Waals surface area contributed by atoms with Crippen molar-refractivity contribution in [1.29, 1.82) is 0 Å². The third kappa shape index (κ3) is 4.87. The number of nitrogens with two attached hydrogens (primary N) is 1. The normalized spacial score (nSPS) is 21.1. The molecule has 0 saturated carbocycles. The Bertz CT molecular complexity index is 398. The minimum atomic E-state index is -4.16. The largest absolute Gasteiger partial charge is 1.00 e. The quantitative estimate of drug-likeness (QED) is 0.654. The van der Waals surface area contributed by atoms with E-state index in [9.17, 15) is 13.2 Å². The summed E-state index contributed by atoms with van der Waals surface area (Å²) < 4.78 is 43.5. The summed E-state index contributed by atoms with van der Waals surface area (Å²) in [5.74, 6) is 0.160. The zero-order valence-electron chi connectivity index (χ0n) is 10.2. The van der Waals surface area contributed by atoms with Crippen LogP contribution in [0, 0.1) is 0 Å². The summed E-state index contributed by atoms with van der Waals surface area (Å²) in [5.41, 5.74) is 5.38. The number of hydrogen-bond acceptors (Lipinski definition) is 4. The van der Waals surface area contributed by atoms with Crippen molar-refractivity contribution in [3.05, 3.63) is 6.20 Å². The molecule has 2 N–H and O–H groups in total. The average molecular weight is 301 g/mol. The molecular weight excluding hydrogens is 285 g/mol. The van der Waals surface area contributed by atoms with E-state index in [1.54, 1.807) is 0 Å².